The lowest BCUT2D eigenvalue weighted by molar-refractivity contribution is -0.118. The van der Waals surface area contributed by atoms with Crippen LogP contribution in [0.2, 0.25) is 0 Å². The molecule has 8 heteroatoms. The Kier molecular flexibility index (Phi) is 6.83. The summed E-state index contributed by atoms with van der Waals surface area (Å²) in [5, 5.41) is 0. The lowest BCUT2D eigenvalue weighted by atomic mass is 10.3. The average molecular weight is 317 g/mol. The summed E-state index contributed by atoms with van der Waals surface area (Å²) >= 11 is 1.43. The molecule has 0 heterocycles. The van der Waals surface area contributed by atoms with Gasteiger partial charge in [0.15, 0.2) is 0 Å². The van der Waals surface area contributed by atoms with Crippen molar-refractivity contribution in [3.05, 3.63) is 24.3 Å². The third kappa shape index (κ3) is 7.37. The first kappa shape index (κ1) is 16.8. The molecule has 1 aromatic carbocycles. The van der Waals surface area contributed by atoms with Crippen LogP contribution in [0.15, 0.2) is 29.2 Å². The zero-order valence-electron chi connectivity index (χ0n) is 11.0. The number of amides is 1. The summed E-state index contributed by atoms with van der Waals surface area (Å²) in [6, 6.07) is 7.29. The lowest BCUT2D eigenvalue weighted by Crippen LogP contribution is -2.29. The summed E-state index contributed by atoms with van der Waals surface area (Å²) in [6.45, 7) is 0.230. The smallest absolute Gasteiger partial charge is 0.217 e. The van der Waals surface area contributed by atoms with E-state index in [-0.39, 0.29) is 18.7 Å². The SMILES string of the molecule is NC(=O)CCCNS(=O)(=O)CCSc1cccc(N)c1. The highest BCUT2D eigenvalue weighted by molar-refractivity contribution is 8.00. The molecule has 0 aromatic heterocycles. The van der Waals surface area contributed by atoms with Gasteiger partial charge in [-0.1, -0.05) is 6.07 Å². The maximum absolute atomic E-state index is 11.7. The van der Waals surface area contributed by atoms with Gasteiger partial charge in [0.1, 0.15) is 0 Å². The average Bonchev–Trinajstić information content (AvgIpc) is 2.34. The van der Waals surface area contributed by atoms with Crippen molar-refractivity contribution < 1.29 is 13.2 Å². The zero-order chi connectivity index (χ0) is 15.0. The van der Waals surface area contributed by atoms with Crippen molar-refractivity contribution in [2.24, 2.45) is 5.73 Å². The van der Waals surface area contributed by atoms with Gasteiger partial charge in [-0.3, -0.25) is 4.79 Å². The number of carbonyl (C=O) groups is 1. The zero-order valence-corrected chi connectivity index (χ0v) is 12.7. The molecule has 5 N–H and O–H groups in total. The molecular formula is C12H19N3O3S2. The van der Waals surface area contributed by atoms with E-state index >= 15 is 0 Å². The largest absolute Gasteiger partial charge is 0.399 e. The van der Waals surface area contributed by atoms with Gasteiger partial charge in [-0.25, -0.2) is 13.1 Å². The summed E-state index contributed by atoms with van der Waals surface area (Å²) in [6.07, 6.45) is 0.595. The number of anilines is 1. The van der Waals surface area contributed by atoms with Crippen LogP contribution < -0.4 is 16.2 Å². The van der Waals surface area contributed by atoms with Crippen LogP contribution in [0.1, 0.15) is 12.8 Å². The number of hydrogen-bond acceptors (Lipinski definition) is 5. The molecular weight excluding hydrogens is 298 g/mol. The lowest BCUT2D eigenvalue weighted by Gasteiger charge is -2.06. The first-order valence-corrected chi connectivity index (χ1v) is 8.77. The van der Waals surface area contributed by atoms with Crippen molar-refractivity contribution in [3.63, 3.8) is 0 Å². The molecule has 0 saturated heterocycles. The molecule has 0 fully saturated rings. The molecule has 1 rings (SSSR count). The number of sulfonamides is 1. The van der Waals surface area contributed by atoms with E-state index in [0.717, 1.165) is 4.90 Å². The van der Waals surface area contributed by atoms with Crippen LogP contribution in [0.5, 0.6) is 0 Å². The third-order valence-corrected chi connectivity index (χ3v) is 5.04. The Hall–Kier alpha value is -1.25. The van der Waals surface area contributed by atoms with Crippen molar-refractivity contribution in [1.29, 1.82) is 0 Å². The molecule has 6 nitrogen and oxygen atoms in total. The van der Waals surface area contributed by atoms with E-state index < -0.39 is 15.9 Å². The summed E-state index contributed by atoms with van der Waals surface area (Å²) in [4.78, 5) is 11.5. The van der Waals surface area contributed by atoms with E-state index in [1.54, 1.807) is 12.1 Å². The molecule has 0 bridgehead atoms. The van der Waals surface area contributed by atoms with Gasteiger partial charge in [-0.05, 0) is 24.6 Å². The molecule has 0 aliphatic heterocycles. The molecule has 0 unspecified atom stereocenters. The Bertz CT molecular complexity index is 547. The fourth-order valence-electron chi connectivity index (χ4n) is 1.44. The molecule has 0 atom stereocenters. The fraction of sp³-hybridized carbons (Fsp3) is 0.417. The minimum atomic E-state index is -3.31. The van der Waals surface area contributed by atoms with E-state index in [1.807, 2.05) is 12.1 Å². The van der Waals surface area contributed by atoms with E-state index in [1.165, 1.54) is 11.8 Å². The van der Waals surface area contributed by atoms with Gasteiger partial charge in [0.25, 0.3) is 0 Å². The molecule has 1 aromatic rings. The van der Waals surface area contributed by atoms with Crippen LogP contribution in [0.4, 0.5) is 5.69 Å². The number of rotatable bonds is 9. The second-order valence-corrected chi connectivity index (χ2v) is 7.30. The number of thioether (sulfide) groups is 1. The molecule has 0 aliphatic carbocycles. The van der Waals surface area contributed by atoms with Crippen LogP contribution in [0, 0.1) is 0 Å². The summed E-state index contributed by atoms with van der Waals surface area (Å²) in [7, 11) is -3.31. The number of primary amides is 1. The highest BCUT2D eigenvalue weighted by atomic mass is 32.2. The molecule has 0 aliphatic rings. The minimum absolute atomic E-state index is 0.0169. The number of hydrogen-bond donors (Lipinski definition) is 3. The Morgan fingerprint density at radius 3 is 2.75 bits per heavy atom. The van der Waals surface area contributed by atoms with Crippen LogP contribution in [-0.4, -0.2) is 32.4 Å². The predicted molar refractivity (Wildman–Crippen MR) is 81.8 cm³/mol. The standard InChI is InChI=1S/C12H19N3O3S2/c13-10-3-1-4-11(9-10)19-7-8-20(17,18)15-6-2-5-12(14)16/h1,3-4,9,15H,2,5-8,13H2,(H2,14,16). The van der Waals surface area contributed by atoms with Crippen molar-refractivity contribution in [2.75, 3.05) is 23.8 Å². The normalized spacial score (nSPS) is 11.4. The second kappa shape index (κ2) is 8.13. The second-order valence-electron chi connectivity index (χ2n) is 4.20. The molecule has 0 spiro atoms. The maximum Gasteiger partial charge on any atom is 0.217 e. The van der Waals surface area contributed by atoms with Crippen molar-refractivity contribution >= 4 is 33.4 Å². The third-order valence-electron chi connectivity index (χ3n) is 2.40. The van der Waals surface area contributed by atoms with E-state index in [9.17, 15) is 13.2 Å². The molecule has 0 saturated carbocycles. The van der Waals surface area contributed by atoms with Crippen LogP contribution in [0.3, 0.4) is 0 Å². The van der Waals surface area contributed by atoms with Gasteiger partial charge >= 0.3 is 0 Å². The molecule has 0 radical (unpaired) electrons. The maximum atomic E-state index is 11.7. The predicted octanol–water partition coefficient (Wildman–Crippen LogP) is 0.546. The van der Waals surface area contributed by atoms with Gasteiger partial charge in [-0.15, -0.1) is 11.8 Å². The van der Waals surface area contributed by atoms with E-state index in [4.69, 9.17) is 11.5 Å². The van der Waals surface area contributed by atoms with Gasteiger partial charge in [0.2, 0.25) is 15.9 Å². The van der Waals surface area contributed by atoms with E-state index in [2.05, 4.69) is 4.72 Å². The Morgan fingerprint density at radius 2 is 2.10 bits per heavy atom. The van der Waals surface area contributed by atoms with Gasteiger partial charge in [0.05, 0.1) is 5.75 Å². The first-order valence-electron chi connectivity index (χ1n) is 6.13. The highest BCUT2D eigenvalue weighted by Crippen LogP contribution is 2.20. The fourth-order valence-corrected chi connectivity index (χ4v) is 3.88. The molecule has 112 valence electrons. The number of nitrogens with two attached hydrogens (primary N) is 2. The number of carbonyl (C=O) groups excluding carboxylic acids is 1. The van der Waals surface area contributed by atoms with Crippen LogP contribution in [-0.2, 0) is 14.8 Å². The summed E-state index contributed by atoms with van der Waals surface area (Å²) in [5.41, 5.74) is 11.3. The van der Waals surface area contributed by atoms with Crippen LogP contribution >= 0.6 is 11.8 Å². The Morgan fingerprint density at radius 1 is 1.35 bits per heavy atom. The summed E-state index contributed by atoms with van der Waals surface area (Å²) < 4.78 is 25.8. The van der Waals surface area contributed by atoms with Crippen molar-refractivity contribution in [1.82, 2.24) is 4.72 Å². The van der Waals surface area contributed by atoms with Gasteiger partial charge < -0.3 is 11.5 Å². The van der Waals surface area contributed by atoms with Gasteiger partial charge in [0, 0.05) is 29.3 Å². The quantitative estimate of drug-likeness (QED) is 0.349. The number of nitrogens with one attached hydrogen (secondary N) is 1. The minimum Gasteiger partial charge on any atom is -0.399 e. The van der Waals surface area contributed by atoms with Gasteiger partial charge in [-0.2, -0.15) is 0 Å². The Labute approximate surface area is 123 Å². The Balaban J connectivity index is 2.27. The van der Waals surface area contributed by atoms with Crippen molar-refractivity contribution in [3.8, 4) is 0 Å². The van der Waals surface area contributed by atoms with E-state index in [0.29, 0.717) is 17.9 Å². The molecule has 1 amide bonds. The highest BCUT2D eigenvalue weighted by Gasteiger charge is 2.09. The van der Waals surface area contributed by atoms with Crippen molar-refractivity contribution in [2.45, 2.75) is 17.7 Å². The monoisotopic (exact) mass is 317 g/mol. The molecule has 20 heavy (non-hydrogen) atoms. The van der Waals surface area contributed by atoms with Crippen LogP contribution in [0.25, 0.3) is 0 Å². The number of nitrogen functional groups attached to an aromatic ring is 1. The summed E-state index contributed by atoms with van der Waals surface area (Å²) in [5.74, 6) is 0.0268. The first-order chi connectivity index (χ1) is 9.39. The number of benzene rings is 1. The topological polar surface area (TPSA) is 115 Å².